The van der Waals surface area contributed by atoms with Crippen molar-refractivity contribution in [1.29, 1.82) is 0 Å². The molecule has 0 heterocycles. The molecule has 0 aromatic heterocycles. The van der Waals surface area contributed by atoms with Gasteiger partial charge in [-0.15, -0.1) is 0 Å². The average molecular weight is 494 g/mol. The van der Waals surface area contributed by atoms with E-state index in [2.05, 4.69) is 33.4 Å². The zero-order chi connectivity index (χ0) is 19.9. The lowest BCUT2D eigenvalue weighted by Crippen LogP contribution is -2.45. The van der Waals surface area contributed by atoms with Crippen LogP contribution in [-0.2, 0) is 15.8 Å². The van der Waals surface area contributed by atoms with Crippen molar-refractivity contribution in [3.63, 3.8) is 0 Å². The zero-order valence-electron chi connectivity index (χ0n) is 13.7. The third-order valence-corrected chi connectivity index (χ3v) is 3.78. The number of amides is 2. The van der Waals surface area contributed by atoms with Crippen LogP contribution in [0.25, 0.3) is 0 Å². The molecule has 2 rings (SSSR count). The highest BCUT2D eigenvalue weighted by atomic mass is 127. The Balaban J connectivity index is 1.71. The van der Waals surface area contributed by atoms with E-state index in [0.29, 0.717) is 5.75 Å². The van der Waals surface area contributed by atoms with Crippen LogP contribution in [0.2, 0.25) is 0 Å². The summed E-state index contributed by atoms with van der Waals surface area (Å²) in [5.74, 6) is -0.978. The molecule has 2 aromatic carbocycles. The molecule has 2 aromatic rings. The van der Waals surface area contributed by atoms with Crippen molar-refractivity contribution in [3.05, 3.63) is 57.7 Å². The van der Waals surface area contributed by atoms with Crippen molar-refractivity contribution in [2.24, 2.45) is 0 Å². The van der Waals surface area contributed by atoms with E-state index < -0.39 is 30.2 Å². The first kappa shape index (κ1) is 20.8. The smallest absolute Gasteiger partial charge is 0.416 e. The lowest BCUT2D eigenvalue weighted by atomic mass is 10.2. The van der Waals surface area contributed by atoms with Gasteiger partial charge in [0.05, 0.1) is 5.56 Å². The Labute approximate surface area is 166 Å². The van der Waals surface area contributed by atoms with Gasteiger partial charge >= 0.3 is 6.18 Å². The van der Waals surface area contributed by atoms with Crippen LogP contribution in [0.15, 0.2) is 48.5 Å². The number of benzene rings is 2. The van der Waals surface area contributed by atoms with Gasteiger partial charge in [0.15, 0.2) is 13.2 Å². The normalized spacial score (nSPS) is 10.8. The third-order valence-electron chi connectivity index (χ3n) is 3.06. The maximum Gasteiger partial charge on any atom is 0.416 e. The highest BCUT2D eigenvalue weighted by Crippen LogP contribution is 2.31. The van der Waals surface area contributed by atoms with Crippen LogP contribution in [0.5, 0.6) is 11.5 Å². The van der Waals surface area contributed by atoms with Gasteiger partial charge < -0.3 is 9.47 Å². The lowest BCUT2D eigenvalue weighted by molar-refractivity contribution is -0.137. The number of ether oxygens (including phenoxy) is 2. The molecule has 10 heteroatoms. The van der Waals surface area contributed by atoms with Gasteiger partial charge in [0.1, 0.15) is 11.5 Å². The topological polar surface area (TPSA) is 76.7 Å². The van der Waals surface area contributed by atoms with Gasteiger partial charge in [0.2, 0.25) is 0 Å². The number of hydrazine groups is 1. The number of carbonyl (C=O) groups excluding carboxylic acids is 2. The van der Waals surface area contributed by atoms with Crippen molar-refractivity contribution < 1.29 is 32.2 Å². The van der Waals surface area contributed by atoms with Crippen LogP contribution < -0.4 is 20.3 Å². The molecule has 6 nitrogen and oxygen atoms in total. The number of carbonyl (C=O) groups is 2. The molecule has 0 saturated heterocycles. The molecular formula is C17H14F3IN2O4. The molecular weight excluding hydrogens is 480 g/mol. The highest BCUT2D eigenvalue weighted by Gasteiger charge is 2.30. The molecule has 2 amide bonds. The largest absolute Gasteiger partial charge is 0.484 e. The van der Waals surface area contributed by atoms with Crippen LogP contribution >= 0.6 is 22.6 Å². The summed E-state index contributed by atoms with van der Waals surface area (Å²) in [5, 5.41) is 0. The van der Waals surface area contributed by atoms with Crippen LogP contribution in [0, 0.1) is 3.57 Å². The van der Waals surface area contributed by atoms with Gasteiger partial charge in [-0.2, -0.15) is 13.2 Å². The van der Waals surface area contributed by atoms with E-state index >= 15 is 0 Å². The Kier molecular flexibility index (Phi) is 7.28. The van der Waals surface area contributed by atoms with Gasteiger partial charge in [-0.05, 0) is 65.1 Å². The van der Waals surface area contributed by atoms with Gasteiger partial charge in [0.25, 0.3) is 11.8 Å². The summed E-state index contributed by atoms with van der Waals surface area (Å²) in [5.41, 5.74) is 3.30. The Morgan fingerprint density at radius 2 is 1.44 bits per heavy atom. The van der Waals surface area contributed by atoms with Crippen LogP contribution in [-0.4, -0.2) is 25.0 Å². The van der Waals surface area contributed by atoms with Gasteiger partial charge in [-0.3, -0.25) is 20.4 Å². The summed E-state index contributed by atoms with van der Waals surface area (Å²) < 4.78 is 49.0. The summed E-state index contributed by atoms with van der Waals surface area (Å²) in [6.45, 7) is -0.894. The van der Waals surface area contributed by atoms with Crippen LogP contribution in [0.4, 0.5) is 13.2 Å². The summed E-state index contributed by atoms with van der Waals surface area (Å²) >= 11 is 2.13. The number of rotatable bonds is 6. The first-order chi connectivity index (χ1) is 12.7. The lowest BCUT2D eigenvalue weighted by Gasteiger charge is -2.11. The fourth-order valence-corrected chi connectivity index (χ4v) is 2.16. The number of hydrogen-bond donors (Lipinski definition) is 2. The summed E-state index contributed by atoms with van der Waals surface area (Å²) in [7, 11) is 0. The molecule has 0 bridgehead atoms. The second-order valence-electron chi connectivity index (χ2n) is 5.15. The Bertz CT molecular complexity index is 798. The van der Waals surface area contributed by atoms with Crippen molar-refractivity contribution >= 4 is 34.4 Å². The van der Waals surface area contributed by atoms with E-state index in [9.17, 15) is 22.8 Å². The first-order valence-corrected chi connectivity index (χ1v) is 8.58. The first-order valence-electron chi connectivity index (χ1n) is 7.50. The third kappa shape index (κ3) is 7.33. The minimum Gasteiger partial charge on any atom is -0.484 e. The number of hydrogen-bond acceptors (Lipinski definition) is 4. The maximum atomic E-state index is 12.6. The Morgan fingerprint density at radius 1 is 0.889 bits per heavy atom. The maximum absolute atomic E-state index is 12.6. The van der Waals surface area contributed by atoms with Crippen molar-refractivity contribution in [2.75, 3.05) is 13.2 Å². The second-order valence-corrected chi connectivity index (χ2v) is 6.40. The van der Waals surface area contributed by atoms with E-state index in [4.69, 9.17) is 9.47 Å². The fourth-order valence-electron chi connectivity index (χ4n) is 1.80. The van der Waals surface area contributed by atoms with Gasteiger partial charge in [0, 0.05) is 3.57 Å². The predicted molar refractivity (Wildman–Crippen MR) is 97.9 cm³/mol. The molecule has 0 atom stereocenters. The summed E-state index contributed by atoms with van der Waals surface area (Å²) in [4.78, 5) is 23.2. The second kappa shape index (κ2) is 9.44. The van der Waals surface area contributed by atoms with Crippen molar-refractivity contribution in [3.8, 4) is 11.5 Å². The van der Waals surface area contributed by atoms with Crippen molar-refractivity contribution in [2.45, 2.75) is 6.18 Å². The molecule has 2 N–H and O–H groups in total. The fraction of sp³-hybridized carbons (Fsp3) is 0.176. The van der Waals surface area contributed by atoms with Gasteiger partial charge in [-0.25, -0.2) is 0 Å². The minimum absolute atomic E-state index is 0.117. The molecule has 0 radical (unpaired) electrons. The Hall–Kier alpha value is -2.50. The van der Waals surface area contributed by atoms with Gasteiger partial charge in [-0.1, -0.05) is 6.07 Å². The molecule has 144 valence electrons. The SMILES string of the molecule is O=C(COc1ccc(I)cc1)NNC(=O)COc1cccc(C(F)(F)F)c1. The molecule has 0 fully saturated rings. The van der Waals surface area contributed by atoms with E-state index in [1.165, 1.54) is 12.1 Å². The summed E-state index contributed by atoms with van der Waals surface area (Å²) in [6.07, 6.45) is -4.51. The summed E-state index contributed by atoms with van der Waals surface area (Å²) in [6, 6.07) is 11.1. The number of alkyl halides is 3. The molecule has 0 spiro atoms. The standard InChI is InChI=1S/C17H14F3IN2O4/c18-17(19,20)11-2-1-3-14(8-11)27-10-16(25)23-22-15(24)9-26-13-6-4-12(21)5-7-13/h1-8H,9-10H2,(H,22,24)(H,23,25). The van der Waals surface area contributed by atoms with E-state index in [-0.39, 0.29) is 12.4 Å². The molecule has 0 aliphatic heterocycles. The van der Waals surface area contributed by atoms with Crippen LogP contribution in [0.1, 0.15) is 5.56 Å². The quantitative estimate of drug-likeness (QED) is 0.479. The van der Waals surface area contributed by atoms with Crippen molar-refractivity contribution in [1.82, 2.24) is 10.9 Å². The molecule has 27 heavy (non-hydrogen) atoms. The van der Waals surface area contributed by atoms with E-state index in [1.54, 1.807) is 24.3 Å². The Morgan fingerprint density at radius 3 is 2.00 bits per heavy atom. The van der Waals surface area contributed by atoms with E-state index in [1.807, 2.05) is 0 Å². The van der Waals surface area contributed by atoms with Crippen LogP contribution in [0.3, 0.4) is 0 Å². The zero-order valence-corrected chi connectivity index (χ0v) is 15.8. The highest BCUT2D eigenvalue weighted by molar-refractivity contribution is 14.1. The average Bonchev–Trinajstić information content (AvgIpc) is 2.64. The molecule has 0 aliphatic rings. The minimum atomic E-state index is -4.51. The van der Waals surface area contributed by atoms with E-state index in [0.717, 1.165) is 15.7 Å². The monoisotopic (exact) mass is 494 g/mol. The molecule has 0 saturated carbocycles. The molecule has 0 unspecified atom stereocenters. The number of nitrogens with one attached hydrogen (secondary N) is 2. The predicted octanol–water partition coefficient (Wildman–Crippen LogP) is 2.92. The number of halogens is 4. The molecule has 0 aliphatic carbocycles.